The van der Waals surface area contributed by atoms with Gasteiger partial charge in [0.25, 0.3) is 0 Å². The second-order valence-corrected chi connectivity index (χ2v) is 9.16. The van der Waals surface area contributed by atoms with Crippen molar-refractivity contribution in [3.63, 3.8) is 0 Å². The molecule has 0 saturated heterocycles. The van der Waals surface area contributed by atoms with Crippen molar-refractivity contribution in [2.45, 2.75) is 37.4 Å². The molecule has 0 heterocycles. The maximum atomic E-state index is 12.1. The highest BCUT2D eigenvalue weighted by Gasteiger charge is 2.44. The third-order valence-corrected chi connectivity index (χ3v) is 7.28. The fourth-order valence-electron chi connectivity index (χ4n) is 3.70. The molecule has 0 unspecified atom stereocenters. The number of carbonyl (C=O) groups is 2. The maximum absolute atomic E-state index is 12.1. The molecule has 1 saturated carbocycles. The van der Waals surface area contributed by atoms with E-state index in [0.717, 1.165) is 37.0 Å². The average molecular weight is 410 g/mol. The summed E-state index contributed by atoms with van der Waals surface area (Å²) < 4.78 is 4.92. The molecule has 1 atom stereocenters. The van der Waals surface area contributed by atoms with Crippen molar-refractivity contribution in [3.8, 4) is 0 Å². The van der Waals surface area contributed by atoms with Gasteiger partial charge in [0.05, 0.1) is 19.1 Å². The molecule has 2 aromatic rings. The van der Waals surface area contributed by atoms with E-state index in [0.29, 0.717) is 5.56 Å². The van der Waals surface area contributed by atoms with Gasteiger partial charge in [-0.3, -0.25) is 4.79 Å². The van der Waals surface area contributed by atoms with E-state index in [2.05, 4.69) is 32.1 Å². The van der Waals surface area contributed by atoms with Crippen LogP contribution in [0.5, 0.6) is 0 Å². The van der Waals surface area contributed by atoms with Gasteiger partial charge in [0.2, 0.25) is 0 Å². The monoisotopic (exact) mass is 410 g/mol. The van der Waals surface area contributed by atoms with E-state index >= 15 is 0 Å². The van der Waals surface area contributed by atoms with Crippen LogP contribution in [0.15, 0.2) is 48.5 Å². The van der Waals surface area contributed by atoms with Crippen LogP contribution in [0.4, 0.5) is 0 Å². The van der Waals surface area contributed by atoms with Crippen LogP contribution in [-0.2, 0) is 16.0 Å². The molecule has 4 nitrogen and oxygen atoms in total. The van der Waals surface area contributed by atoms with Gasteiger partial charge in [-0.05, 0) is 48.3 Å². The molecule has 1 N–H and O–H groups in total. The highest BCUT2D eigenvalue weighted by Crippen LogP contribution is 2.53. The predicted octanol–water partition coefficient (Wildman–Crippen LogP) is 3.39. The lowest BCUT2D eigenvalue weighted by atomic mass is 9.92. The fourth-order valence-corrected chi connectivity index (χ4v) is 5.27. The minimum Gasteiger partial charge on any atom is -0.481 e. The molecule has 1 fully saturated rings. The minimum absolute atomic E-state index is 0.0392. The van der Waals surface area contributed by atoms with E-state index in [1.54, 1.807) is 0 Å². The zero-order chi connectivity index (χ0) is 20.9. The summed E-state index contributed by atoms with van der Waals surface area (Å²) in [4.78, 5) is 23.3. The molecule has 0 aliphatic heterocycles. The third kappa shape index (κ3) is 5.89. The number of thioether (sulfide) groups is 1. The molecule has 1 aliphatic rings. The van der Waals surface area contributed by atoms with E-state index in [1.807, 2.05) is 36.0 Å². The Morgan fingerprint density at radius 3 is 2.62 bits per heavy atom. The molecule has 0 spiro atoms. The Kier molecular flexibility index (Phi) is 7.07. The number of benzene rings is 2. The number of aryl methyl sites for hydroxylation is 1. The molecular weight excluding hydrogens is 383 g/mol. The molecule has 6 heteroatoms. The molecule has 29 heavy (non-hydrogen) atoms. The van der Waals surface area contributed by atoms with Gasteiger partial charge in [-0.2, -0.15) is 11.8 Å². The van der Waals surface area contributed by atoms with Crippen molar-refractivity contribution in [2.75, 3.05) is 12.9 Å². The summed E-state index contributed by atoms with van der Waals surface area (Å²) in [5.74, 6) is -0.155. The summed E-state index contributed by atoms with van der Waals surface area (Å²) in [5.41, 5.74) is 4.05. The minimum atomic E-state index is -0.706. The van der Waals surface area contributed by atoms with Crippen LogP contribution in [0.1, 0.15) is 52.4 Å². The Bertz CT molecular complexity index is 879. The first kappa shape index (κ1) is 21.5. The van der Waals surface area contributed by atoms with Crippen LogP contribution in [0, 0.1) is 5.41 Å². The van der Waals surface area contributed by atoms with Gasteiger partial charge in [0.1, 0.15) is 7.85 Å². The number of hydrogen-bond acceptors (Lipinski definition) is 4. The van der Waals surface area contributed by atoms with Crippen molar-refractivity contribution in [1.29, 1.82) is 0 Å². The van der Waals surface area contributed by atoms with Gasteiger partial charge >= 0.3 is 11.9 Å². The molecule has 152 valence electrons. The number of rotatable bonds is 10. The first-order valence-electron chi connectivity index (χ1n) is 9.99. The Morgan fingerprint density at radius 1 is 1.21 bits per heavy atom. The van der Waals surface area contributed by atoms with Gasteiger partial charge in [-0.1, -0.05) is 47.9 Å². The van der Waals surface area contributed by atoms with E-state index in [1.165, 1.54) is 18.1 Å². The highest BCUT2D eigenvalue weighted by atomic mass is 32.2. The number of carboxylic acid groups (broad SMARTS) is 1. The predicted molar refractivity (Wildman–Crippen MR) is 120 cm³/mol. The largest absolute Gasteiger partial charge is 0.481 e. The van der Waals surface area contributed by atoms with Gasteiger partial charge in [0, 0.05) is 11.0 Å². The van der Waals surface area contributed by atoms with Crippen LogP contribution < -0.4 is 5.46 Å². The molecule has 0 bridgehead atoms. The quantitative estimate of drug-likeness (QED) is 0.481. The molecule has 1 aliphatic carbocycles. The SMILES string of the molecule is Bc1cccc([C@@H](CCc2ccccc2C(=O)OC)SCC2(CC(=O)O)CC2)c1. The second-order valence-electron chi connectivity index (χ2n) is 7.97. The van der Waals surface area contributed by atoms with Crippen molar-refractivity contribution >= 4 is 37.0 Å². The number of methoxy groups -OCH3 is 1. The molecule has 0 amide bonds. The zero-order valence-corrected chi connectivity index (χ0v) is 17.8. The van der Waals surface area contributed by atoms with E-state index in [4.69, 9.17) is 4.74 Å². The Hall–Kier alpha value is -2.21. The summed E-state index contributed by atoms with van der Waals surface area (Å²) in [6.07, 6.45) is 3.90. The number of aliphatic carboxylic acids is 1. The number of hydrogen-bond donors (Lipinski definition) is 1. The highest BCUT2D eigenvalue weighted by molar-refractivity contribution is 7.99. The van der Waals surface area contributed by atoms with Crippen LogP contribution in [0.3, 0.4) is 0 Å². The lowest BCUT2D eigenvalue weighted by molar-refractivity contribution is -0.138. The van der Waals surface area contributed by atoms with Crippen molar-refractivity contribution < 1.29 is 19.4 Å². The first-order chi connectivity index (χ1) is 13.9. The summed E-state index contributed by atoms with van der Waals surface area (Å²) in [5, 5.41) is 9.47. The summed E-state index contributed by atoms with van der Waals surface area (Å²) >= 11 is 1.85. The second kappa shape index (κ2) is 9.53. The number of carboxylic acids is 1. The van der Waals surface area contributed by atoms with Gasteiger partial charge in [-0.25, -0.2) is 4.79 Å². The topological polar surface area (TPSA) is 63.6 Å². The molecule has 0 radical (unpaired) electrons. The summed E-state index contributed by atoms with van der Waals surface area (Å²) in [7, 11) is 3.49. The average Bonchev–Trinajstić information content (AvgIpc) is 3.46. The first-order valence-corrected chi connectivity index (χ1v) is 11.0. The summed E-state index contributed by atoms with van der Waals surface area (Å²) in [6, 6.07) is 16.1. The van der Waals surface area contributed by atoms with Gasteiger partial charge in [-0.15, -0.1) is 0 Å². The summed E-state index contributed by atoms with van der Waals surface area (Å²) in [6.45, 7) is 0. The van der Waals surface area contributed by atoms with Crippen LogP contribution in [-0.4, -0.2) is 37.8 Å². The Morgan fingerprint density at radius 2 is 1.97 bits per heavy atom. The molecule has 3 rings (SSSR count). The molecular formula is C23H27BO4S. The van der Waals surface area contributed by atoms with Gasteiger partial charge < -0.3 is 9.84 Å². The van der Waals surface area contributed by atoms with E-state index < -0.39 is 5.97 Å². The lowest BCUT2D eigenvalue weighted by Gasteiger charge is -2.21. The standard InChI is InChI=1S/C23H27BO4S/c1-28-22(27)19-8-3-2-5-16(19)9-10-20(17-6-4-7-18(24)13-17)29-15-23(11-12-23)14-21(25)26/h2-8,13,20H,9-12,14-15,24H2,1H3,(H,25,26)/t20-/m1/s1. The van der Waals surface area contributed by atoms with Gasteiger partial charge in [0.15, 0.2) is 0 Å². The van der Waals surface area contributed by atoms with Crippen molar-refractivity contribution in [2.24, 2.45) is 5.41 Å². The van der Waals surface area contributed by atoms with Crippen LogP contribution >= 0.6 is 11.8 Å². The van der Waals surface area contributed by atoms with Crippen LogP contribution in [0.2, 0.25) is 0 Å². The fraction of sp³-hybridized carbons (Fsp3) is 0.391. The van der Waals surface area contributed by atoms with Crippen LogP contribution in [0.25, 0.3) is 0 Å². The number of carbonyl (C=O) groups excluding carboxylic acids is 1. The van der Waals surface area contributed by atoms with Crippen molar-refractivity contribution in [1.82, 2.24) is 0 Å². The maximum Gasteiger partial charge on any atom is 0.338 e. The third-order valence-electron chi connectivity index (χ3n) is 5.59. The van der Waals surface area contributed by atoms with E-state index in [9.17, 15) is 14.7 Å². The smallest absolute Gasteiger partial charge is 0.338 e. The Labute approximate surface area is 177 Å². The molecule has 0 aromatic heterocycles. The Balaban J connectivity index is 1.74. The number of ether oxygens (including phenoxy) is 1. The molecule has 2 aromatic carbocycles. The lowest BCUT2D eigenvalue weighted by Crippen LogP contribution is -2.13. The zero-order valence-electron chi connectivity index (χ0n) is 17.0. The normalized spacial score (nSPS) is 15.5. The van der Waals surface area contributed by atoms with E-state index in [-0.39, 0.29) is 23.1 Å². The number of esters is 1. The van der Waals surface area contributed by atoms with Crippen molar-refractivity contribution in [3.05, 3.63) is 65.2 Å².